The third-order valence-corrected chi connectivity index (χ3v) is 3.98. The summed E-state index contributed by atoms with van der Waals surface area (Å²) >= 11 is 1.53. The van der Waals surface area contributed by atoms with Crippen molar-refractivity contribution in [2.75, 3.05) is 11.1 Å². The van der Waals surface area contributed by atoms with Crippen LogP contribution in [0, 0.1) is 0 Å². The number of H-pyrrole nitrogens is 1. The van der Waals surface area contributed by atoms with Gasteiger partial charge in [0.2, 0.25) is 0 Å². The molecule has 1 amide bonds. The Morgan fingerprint density at radius 1 is 1.48 bits per heavy atom. The van der Waals surface area contributed by atoms with Crippen molar-refractivity contribution in [2.24, 2.45) is 0 Å². The monoisotopic (exact) mass is 301 g/mol. The topological polar surface area (TPSA) is 96.7 Å². The van der Waals surface area contributed by atoms with Gasteiger partial charge in [-0.15, -0.1) is 11.3 Å². The number of aryl methyl sites for hydroxylation is 1. The lowest BCUT2D eigenvalue weighted by Crippen LogP contribution is -2.14. The van der Waals surface area contributed by atoms with Crippen LogP contribution in [0.25, 0.3) is 10.2 Å². The van der Waals surface area contributed by atoms with Crippen LogP contribution in [0.4, 0.5) is 11.4 Å². The van der Waals surface area contributed by atoms with Crippen LogP contribution in [0.15, 0.2) is 23.7 Å². The SMILES string of the molecule is CCCc1[nH]nc(C(=O)Nc2ccc3ncsc3c2)c1N. The van der Waals surface area contributed by atoms with Gasteiger partial charge in [-0.25, -0.2) is 4.98 Å². The van der Waals surface area contributed by atoms with E-state index in [4.69, 9.17) is 5.73 Å². The Labute approximate surface area is 125 Å². The minimum Gasteiger partial charge on any atom is -0.395 e. The number of nitrogens with two attached hydrogens (primary N) is 1. The maximum atomic E-state index is 12.2. The molecule has 3 aromatic rings. The number of thiazole rings is 1. The van der Waals surface area contributed by atoms with Gasteiger partial charge in [-0.2, -0.15) is 5.10 Å². The number of aromatic amines is 1. The number of fused-ring (bicyclic) bond motifs is 1. The Balaban J connectivity index is 1.82. The summed E-state index contributed by atoms with van der Waals surface area (Å²) in [5.74, 6) is -0.310. The molecule has 2 aromatic heterocycles. The van der Waals surface area contributed by atoms with E-state index in [0.717, 1.165) is 28.8 Å². The fourth-order valence-corrected chi connectivity index (χ4v) is 2.84. The zero-order chi connectivity index (χ0) is 14.8. The third-order valence-electron chi connectivity index (χ3n) is 3.19. The van der Waals surface area contributed by atoms with Gasteiger partial charge in [0.1, 0.15) is 0 Å². The second-order valence-electron chi connectivity index (χ2n) is 4.70. The van der Waals surface area contributed by atoms with Gasteiger partial charge >= 0.3 is 0 Å². The third kappa shape index (κ3) is 2.59. The number of nitrogens with zero attached hydrogens (tertiary/aromatic N) is 2. The zero-order valence-electron chi connectivity index (χ0n) is 11.5. The Bertz CT molecular complexity index is 792. The normalized spacial score (nSPS) is 10.9. The highest BCUT2D eigenvalue weighted by Gasteiger charge is 2.17. The molecule has 0 atom stereocenters. The number of hydrogen-bond donors (Lipinski definition) is 3. The number of nitrogen functional groups attached to an aromatic ring is 1. The molecule has 0 radical (unpaired) electrons. The maximum absolute atomic E-state index is 12.2. The highest BCUT2D eigenvalue weighted by Crippen LogP contribution is 2.23. The van der Waals surface area contributed by atoms with Crippen molar-refractivity contribution < 1.29 is 4.79 Å². The number of carbonyl (C=O) groups is 1. The van der Waals surface area contributed by atoms with Gasteiger partial charge in [-0.1, -0.05) is 13.3 Å². The summed E-state index contributed by atoms with van der Waals surface area (Å²) in [7, 11) is 0. The smallest absolute Gasteiger partial charge is 0.278 e. The van der Waals surface area contributed by atoms with E-state index < -0.39 is 0 Å². The minimum atomic E-state index is -0.310. The lowest BCUT2D eigenvalue weighted by atomic mass is 10.2. The Morgan fingerprint density at radius 3 is 3.14 bits per heavy atom. The average Bonchev–Trinajstić information content (AvgIpc) is 3.06. The second-order valence-corrected chi connectivity index (χ2v) is 5.59. The summed E-state index contributed by atoms with van der Waals surface area (Å²) in [5.41, 5.74) is 10.8. The van der Waals surface area contributed by atoms with Crippen LogP contribution < -0.4 is 11.1 Å². The van der Waals surface area contributed by atoms with Gasteiger partial charge in [0.25, 0.3) is 5.91 Å². The van der Waals surface area contributed by atoms with E-state index in [0.29, 0.717) is 11.4 Å². The van der Waals surface area contributed by atoms with E-state index in [1.165, 1.54) is 11.3 Å². The number of benzene rings is 1. The van der Waals surface area contributed by atoms with E-state index in [2.05, 4.69) is 20.5 Å². The van der Waals surface area contributed by atoms with E-state index in [1.54, 1.807) is 5.51 Å². The summed E-state index contributed by atoms with van der Waals surface area (Å²) in [6.07, 6.45) is 1.72. The van der Waals surface area contributed by atoms with Crippen molar-refractivity contribution in [3.63, 3.8) is 0 Å². The van der Waals surface area contributed by atoms with Gasteiger partial charge < -0.3 is 11.1 Å². The van der Waals surface area contributed by atoms with E-state index in [9.17, 15) is 4.79 Å². The van der Waals surface area contributed by atoms with Crippen molar-refractivity contribution in [2.45, 2.75) is 19.8 Å². The van der Waals surface area contributed by atoms with Crippen molar-refractivity contribution in [1.82, 2.24) is 15.2 Å². The molecule has 0 saturated heterocycles. The molecule has 0 aliphatic carbocycles. The molecule has 21 heavy (non-hydrogen) atoms. The largest absolute Gasteiger partial charge is 0.395 e. The van der Waals surface area contributed by atoms with Crippen LogP contribution in [0.1, 0.15) is 29.5 Å². The lowest BCUT2D eigenvalue weighted by molar-refractivity contribution is 0.102. The molecule has 0 unspecified atom stereocenters. The van der Waals surface area contributed by atoms with Crippen molar-refractivity contribution in [1.29, 1.82) is 0 Å². The summed E-state index contributed by atoms with van der Waals surface area (Å²) in [6.45, 7) is 2.05. The standard InChI is InChI=1S/C14H15N5OS/c1-2-3-10-12(15)13(19-18-10)14(20)17-8-4-5-9-11(6-8)21-7-16-9/h4-7H,2-3,15H2,1H3,(H,17,20)(H,18,19). The van der Waals surface area contributed by atoms with Crippen molar-refractivity contribution in [3.8, 4) is 0 Å². The van der Waals surface area contributed by atoms with Crippen LogP contribution in [-0.4, -0.2) is 21.1 Å². The first-order valence-corrected chi connectivity index (χ1v) is 7.54. The fourth-order valence-electron chi connectivity index (χ4n) is 2.12. The first-order valence-electron chi connectivity index (χ1n) is 6.66. The molecule has 4 N–H and O–H groups in total. The fraction of sp³-hybridized carbons (Fsp3) is 0.214. The summed E-state index contributed by atoms with van der Waals surface area (Å²) in [4.78, 5) is 16.4. The minimum absolute atomic E-state index is 0.239. The van der Waals surface area contributed by atoms with Gasteiger partial charge in [0.15, 0.2) is 5.69 Å². The molecule has 3 rings (SSSR count). The van der Waals surface area contributed by atoms with Crippen LogP contribution in [0.3, 0.4) is 0 Å². The number of rotatable bonds is 4. The molecule has 0 spiro atoms. The molecule has 1 aromatic carbocycles. The molecular weight excluding hydrogens is 286 g/mol. The van der Waals surface area contributed by atoms with Gasteiger partial charge in [0.05, 0.1) is 27.1 Å². The molecule has 0 saturated carbocycles. The molecule has 2 heterocycles. The number of aromatic nitrogens is 3. The molecule has 6 nitrogen and oxygen atoms in total. The highest BCUT2D eigenvalue weighted by molar-refractivity contribution is 7.16. The highest BCUT2D eigenvalue weighted by atomic mass is 32.1. The summed E-state index contributed by atoms with van der Waals surface area (Å²) < 4.78 is 1.02. The molecular formula is C14H15N5OS. The van der Waals surface area contributed by atoms with Crippen LogP contribution in [0.2, 0.25) is 0 Å². The number of anilines is 2. The molecule has 0 bridgehead atoms. The Kier molecular flexibility index (Phi) is 3.57. The van der Waals surface area contributed by atoms with E-state index >= 15 is 0 Å². The Morgan fingerprint density at radius 2 is 2.33 bits per heavy atom. The molecule has 7 heteroatoms. The summed E-state index contributed by atoms with van der Waals surface area (Å²) in [5, 5.41) is 9.65. The van der Waals surface area contributed by atoms with Crippen LogP contribution >= 0.6 is 11.3 Å². The molecule has 0 fully saturated rings. The number of hydrogen-bond acceptors (Lipinski definition) is 5. The van der Waals surface area contributed by atoms with Gasteiger partial charge in [-0.3, -0.25) is 9.89 Å². The zero-order valence-corrected chi connectivity index (χ0v) is 12.3. The first-order chi connectivity index (χ1) is 10.2. The molecule has 0 aliphatic heterocycles. The average molecular weight is 301 g/mol. The predicted octanol–water partition coefficient (Wildman–Crippen LogP) is 2.81. The Hall–Kier alpha value is -2.41. The van der Waals surface area contributed by atoms with Crippen molar-refractivity contribution in [3.05, 3.63) is 35.1 Å². The summed E-state index contributed by atoms with van der Waals surface area (Å²) in [6, 6.07) is 5.58. The first kappa shape index (κ1) is 13.6. The quantitative estimate of drug-likeness (QED) is 0.690. The number of amides is 1. The maximum Gasteiger partial charge on any atom is 0.278 e. The van der Waals surface area contributed by atoms with Gasteiger partial charge in [-0.05, 0) is 24.6 Å². The van der Waals surface area contributed by atoms with E-state index in [-0.39, 0.29) is 11.6 Å². The predicted molar refractivity (Wildman–Crippen MR) is 84.6 cm³/mol. The number of nitrogens with one attached hydrogen (secondary N) is 2. The molecule has 108 valence electrons. The van der Waals surface area contributed by atoms with Gasteiger partial charge in [0, 0.05) is 5.69 Å². The van der Waals surface area contributed by atoms with E-state index in [1.807, 2.05) is 25.1 Å². The van der Waals surface area contributed by atoms with Crippen LogP contribution in [0.5, 0.6) is 0 Å². The lowest BCUT2D eigenvalue weighted by Gasteiger charge is -2.04. The molecule has 0 aliphatic rings. The number of carbonyl (C=O) groups excluding carboxylic acids is 1. The van der Waals surface area contributed by atoms with Crippen LogP contribution in [-0.2, 0) is 6.42 Å². The van der Waals surface area contributed by atoms with Crippen molar-refractivity contribution >= 4 is 38.8 Å². The second kappa shape index (κ2) is 5.53.